The van der Waals surface area contributed by atoms with Crippen LogP contribution in [0, 0.1) is 0 Å². The van der Waals surface area contributed by atoms with Gasteiger partial charge in [0.1, 0.15) is 41.2 Å². The van der Waals surface area contributed by atoms with Gasteiger partial charge in [-0.2, -0.15) is 0 Å². The normalized spacial score (nSPS) is 15.6. The van der Waals surface area contributed by atoms with Crippen molar-refractivity contribution in [3.05, 3.63) is 36.4 Å². The van der Waals surface area contributed by atoms with Crippen molar-refractivity contribution in [1.82, 2.24) is 68.8 Å². The highest BCUT2D eigenvalue weighted by atomic mass is 79.9. The summed E-state index contributed by atoms with van der Waals surface area (Å²) in [5.41, 5.74) is 20.2. The topological polar surface area (TPSA) is 279 Å². The van der Waals surface area contributed by atoms with Gasteiger partial charge in [-0.3, -0.25) is 4.57 Å². The van der Waals surface area contributed by atoms with Crippen molar-refractivity contribution in [1.29, 1.82) is 0 Å². The Morgan fingerprint density at radius 3 is 1.75 bits per heavy atom. The number of rotatable bonds is 2. The van der Waals surface area contributed by atoms with E-state index in [1.165, 1.54) is 25.3 Å². The number of amides is 2. The number of halogens is 1. The first kappa shape index (κ1) is 40.7. The Hall–Kier alpha value is -5.93. The summed E-state index contributed by atoms with van der Waals surface area (Å²) in [6.45, 7) is 13.8. The Morgan fingerprint density at radius 2 is 1.19 bits per heavy atom. The van der Waals surface area contributed by atoms with E-state index in [0.717, 1.165) is 31.3 Å². The molecular weight excluding hydrogens is 802 g/mol. The smallest absolute Gasteiger partial charge is 0.410 e. The first-order chi connectivity index (χ1) is 27.0. The van der Waals surface area contributed by atoms with Crippen LogP contribution in [0.3, 0.4) is 0 Å². The summed E-state index contributed by atoms with van der Waals surface area (Å²) >= 11 is 3.49. The van der Waals surface area contributed by atoms with Gasteiger partial charge in [0.25, 0.3) is 0 Å². The van der Waals surface area contributed by atoms with Crippen LogP contribution >= 0.6 is 15.9 Å². The minimum absolute atomic E-state index is 0.192. The second-order valence-electron chi connectivity index (χ2n) is 15.5. The molecule has 0 atom stereocenters. The summed E-state index contributed by atoms with van der Waals surface area (Å²) < 4.78 is 15.6. The lowest BCUT2D eigenvalue weighted by Crippen LogP contribution is -2.42. The molecule has 57 heavy (non-hydrogen) atoms. The number of nitrogens with zero attached hydrogens (tertiary/aromatic N) is 13. The highest BCUT2D eigenvalue weighted by molar-refractivity contribution is 9.10. The van der Waals surface area contributed by atoms with Gasteiger partial charge in [-0.05, 0) is 83.2 Å². The Kier molecular flexibility index (Phi) is 11.9. The van der Waals surface area contributed by atoms with Gasteiger partial charge in [0.15, 0.2) is 44.6 Å². The van der Waals surface area contributed by atoms with Crippen molar-refractivity contribution in [2.45, 2.75) is 90.5 Å². The maximum atomic E-state index is 12.2. The van der Waals surface area contributed by atoms with Crippen LogP contribution in [0.25, 0.3) is 33.5 Å². The van der Waals surface area contributed by atoms with Crippen molar-refractivity contribution in [3.63, 3.8) is 0 Å². The molecule has 0 spiro atoms. The third-order valence-electron chi connectivity index (χ3n) is 9.09. The molecule has 0 aliphatic carbocycles. The fraction of sp³-hybridized carbons (Fsp3) is 0.514. The first-order valence-electron chi connectivity index (χ1n) is 18.4. The minimum atomic E-state index is -0.480. The van der Waals surface area contributed by atoms with Gasteiger partial charge >= 0.3 is 12.2 Å². The number of aromatic amines is 1. The fourth-order valence-electron chi connectivity index (χ4n) is 6.43. The second kappa shape index (κ2) is 16.7. The number of anilines is 3. The van der Waals surface area contributed by atoms with Gasteiger partial charge in [0, 0.05) is 38.3 Å². The predicted octanol–water partition coefficient (Wildman–Crippen LogP) is 4.66. The quantitative estimate of drug-likeness (QED) is 0.172. The number of fused-ring (bicyclic) bond motifs is 3. The Balaban J connectivity index is 0.000000156. The average Bonchev–Trinajstić information content (AvgIpc) is 3.90. The molecule has 0 aromatic carbocycles. The molecule has 0 radical (unpaired) electrons. The minimum Gasteiger partial charge on any atom is -0.444 e. The molecule has 2 saturated heterocycles. The molecule has 0 saturated carbocycles. The van der Waals surface area contributed by atoms with E-state index in [9.17, 15) is 9.59 Å². The van der Waals surface area contributed by atoms with Crippen LogP contribution in [0.4, 0.5) is 27.0 Å². The summed E-state index contributed by atoms with van der Waals surface area (Å²) in [6.07, 6.45) is 10.3. The Bertz CT molecular complexity index is 2330. The van der Waals surface area contributed by atoms with Crippen LogP contribution < -0.4 is 17.2 Å². The highest BCUT2D eigenvalue weighted by Gasteiger charge is 2.31. The molecule has 0 unspecified atom stereocenters. The average molecular weight is 851 g/mol. The number of nitrogen functional groups attached to an aromatic ring is 3. The molecule has 21 nitrogen and oxygen atoms in total. The van der Waals surface area contributed by atoms with Crippen LogP contribution in [0.15, 0.2) is 36.4 Å². The first-order valence-corrected chi connectivity index (χ1v) is 19.2. The maximum Gasteiger partial charge on any atom is 0.410 e. The lowest BCUT2D eigenvalue weighted by atomic mass is 10.1. The van der Waals surface area contributed by atoms with Crippen LogP contribution in [0.5, 0.6) is 0 Å². The Morgan fingerprint density at radius 1 is 0.684 bits per heavy atom. The highest BCUT2D eigenvalue weighted by Crippen LogP contribution is 2.32. The number of aromatic nitrogens is 12. The third kappa shape index (κ3) is 9.73. The summed E-state index contributed by atoms with van der Waals surface area (Å²) in [7, 11) is 0. The van der Waals surface area contributed by atoms with E-state index in [1.807, 2.05) is 50.7 Å². The van der Waals surface area contributed by atoms with E-state index < -0.39 is 11.2 Å². The van der Waals surface area contributed by atoms with Crippen LogP contribution in [0.1, 0.15) is 79.3 Å². The summed E-state index contributed by atoms with van der Waals surface area (Å²) in [5.74, 6) is 1.19. The zero-order valence-corrected chi connectivity index (χ0v) is 34.3. The van der Waals surface area contributed by atoms with Crippen molar-refractivity contribution >= 4 is 79.1 Å². The van der Waals surface area contributed by atoms with Gasteiger partial charge < -0.3 is 46.0 Å². The standard InChI is InChI=1S/C15H21BrN6O2.C15H22N6O2.C5H5N5/c1-15(2,3)24-14(23)21-6-4-9(5-7-21)22-12-10(20-13(22)16)11(17)18-8-19-12;1-15(2,3)23-14(22)20-6-4-10(5-7-20)21-9-19-11-12(16)17-8-18-13(11)21;6-4-3-5(9-1-7-3)10-2-8-4/h8-9H,4-7H2,1-3H3,(H2,17,18,19);8-10H,4-7H2,1-3H3,(H2,16,17,18);1-2H,(H3,6,7,8,9,10). The van der Waals surface area contributed by atoms with Crippen LogP contribution in [0.2, 0.25) is 0 Å². The summed E-state index contributed by atoms with van der Waals surface area (Å²) in [4.78, 5) is 67.4. The number of ether oxygens (including phenoxy) is 2. The second-order valence-corrected chi connectivity index (χ2v) is 16.2. The number of hydrogen-bond acceptors (Lipinski definition) is 16. The van der Waals surface area contributed by atoms with E-state index in [4.69, 9.17) is 26.7 Å². The van der Waals surface area contributed by atoms with E-state index >= 15 is 0 Å². The number of hydrogen-bond donors (Lipinski definition) is 4. The molecule has 7 N–H and O–H groups in total. The van der Waals surface area contributed by atoms with Gasteiger partial charge in [-0.1, -0.05) is 0 Å². The molecule has 2 fully saturated rings. The number of piperidine rings is 2. The zero-order valence-electron chi connectivity index (χ0n) is 32.8. The Labute approximate surface area is 336 Å². The fourth-order valence-corrected chi connectivity index (χ4v) is 7.07. The van der Waals surface area contributed by atoms with Crippen molar-refractivity contribution in [2.75, 3.05) is 43.4 Å². The van der Waals surface area contributed by atoms with Crippen molar-refractivity contribution in [3.8, 4) is 0 Å². The molecule has 0 bridgehead atoms. The molecule has 22 heteroatoms. The zero-order chi connectivity index (χ0) is 41.1. The number of carbonyl (C=O) groups excluding carboxylic acids is 2. The maximum absolute atomic E-state index is 12.2. The monoisotopic (exact) mass is 849 g/mol. The lowest BCUT2D eigenvalue weighted by Gasteiger charge is -2.34. The lowest BCUT2D eigenvalue weighted by molar-refractivity contribution is 0.0178. The van der Waals surface area contributed by atoms with Gasteiger partial charge in [0.2, 0.25) is 0 Å². The van der Waals surface area contributed by atoms with Gasteiger partial charge in [-0.25, -0.2) is 54.4 Å². The molecule has 2 amide bonds. The molecule has 2 aliphatic heterocycles. The van der Waals surface area contributed by atoms with Gasteiger partial charge in [0.05, 0.1) is 12.7 Å². The van der Waals surface area contributed by atoms with E-state index in [0.29, 0.717) is 76.2 Å². The SMILES string of the molecule is CC(C)(C)OC(=O)N1CCC(n2c(Br)nc3c(N)ncnc32)CC1.CC(C)(C)OC(=O)N1CCC(n2cnc3c(N)ncnc32)CC1.Nc1ncnc2nc[nH]c12. The van der Waals surface area contributed by atoms with Crippen molar-refractivity contribution in [2.24, 2.45) is 0 Å². The van der Waals surface area contributed by atoms with E-state index in [1.54, 1.807) is 16.1 Å². The molecule has 6 aromatic heterocycles. The number of likely N-dealkylation sites (tertiary alicyclic amines) is 2. The summed E-state index contributed by atoms with van der Waals surface area (Å²) in [5, 5.41) is 0. The third-order valence-corrected chi connectivity index (χ3v) is 9.65. The molecule has 2 aliphatic rings. The van der Waals surface area contributed by atoms with Crippen LogP contribution in [-0.2, 0) is 9.47 Å². The van der Waals surface area contributed by atoms with Crippen molar-refractivity contribution < 1.29 is 19.1 Å². The molecular formula is C35H48BrN17O4. The van der Waals surface area contributed by atoms with E-state index in [2.05, 4.69) is 65.8 Å². The molecule has 8 heterocycles. The molecule has 8 rings (SSSR count). The number of H-pyrrole nitrogens is 1. The largest absolute Gasteiger partial charge is 0.444 e. The predicted molar refractivity (Wildman–Crippen MR) is 215 cm³/mol. The number of carbonyl (C=O) groups is 2. The van der Waals surface area contributed by atoms with E-state index in [-0.39, 0.29) is 24.3 Å². The summed E-state index contributed by atoms with van der Waals surface area (Å²) in [6, 6.07) is 0.436. The number of nitrogens with two attached hydrogens (primary N) is 3. The molecule has 304 valence electrons. The van der Waals surface area contributed by atoms with Gasteiger partial charge in [-0.15, -0.1) is 0 Å². The number of imidazole rings is 3. The number of nitrogens with one attached hydrogen (secondary N) is 1. The molecule has 6 aromatic rings. The van der Waals surface area contributed by atoms with Crippen LogP contribution in [-0.4, -0.2) is 118 Å².